The fraction of sp³-hybridized carbons (Fsp3) is 0. The minimum Gasteiger partial charge on any atom is -0.456 e. The molecule has 6 aromatic carbocycles. The van der Waals surface area contributed by atoms with E-state index in [1.54, 1.807) is 11.3 Å². The number of hydrogen-bond acceptors (Lipinski definition) is 5. The molecule has 43 heavy (non-hydrogen) atoms. The van der Waals surface area contributed by atoms with Crippen molar-refractivity contribution in [3.63, 3.8) is 0 Å². The average molecular weight is 590 g/mol. The lowest BCUT2D eigenvalue weighted by Crippen LogP contribution is -2.00. The van der Waals surface area contributed by atoms with Gasteiger partial charge in [-0.2, -0.15) is 0 Å². The van der Waals surface area contributed by atoms with Crippen LogP contribution in [0.15, 0.2) is 126 Å². The van der Waals surface area contributed by atoms with Gasteiger partial charge in [0.05, 0.1) is 0 Å². The van der Waals surface area contributed by atoms with Crippen molar-refractivity contribution in [1.82, 2.24) is 15.0 Å². The average Bonchev–Trinajstić information content (AvgIpc) is 3.62. The van der Waals surface area contributed by atoms with Crippen molar-refractivity contribution in [2.75, 3.05) is 0 Å². The molecule has 4 nitrogen and oxygen atoms in total. The van der Waals surface area contributed by atoms with Gasteiger partial charge in [-0.05, 0) is 47.2 Å². The topological polar surface area (TPSA) is 51.8 Å². The Balaban J connectivity index is 1.27. The first-order chi connectivity index (χ1) is 21.2. The summed E-state index contributed by atoms with van der Waals surface area (Å²) in [5.74, 6) is 1.90. The Bertz CT molecular complexity index is 2530. The van der Waals surface area contributed by atoms with Gasteiger partial charge in [0.2, 0.25) is 0 Å². The fourth-order valence-electron chi connectivity index (χ4n) is 5.92. The van der Waals surface area contributed by atoms with Crippen LogP contribution in [0.2, 0.25) is 5.02 Å². The molecule has 6 heteroatoms. The molecule has 0 saturated carbocycles. The van der Waals surface area contributed by atoms with E-state index >= 15 is 0 Å². The van der Waals surface area contributed by atoms with Crippen LogP contribution in [0.3, 0.4) is 0 Å². The molecule has 0 fully saturated rings. The summed E-state index contributed by atoms with van der Waals surface area (Å²) in [4.78, 5) is 15.0. The van der Waals surface area contributed by atoms with Gasteiger partial charge in [-0.15, -0.1) is 11.3 Å². The van der Waals surface area contributed by atoms with Gasteiger partial charge in [0.1, 0.15) is 11.2 Å². The third kappa shape index (κ3) is 4.01. The molecule has 0 atom stereocenters. The van der Waals surface area contributed by atoms with Gasteiger partial charge in [0.15, 0.2) is 17.5 Å². The zero-order valence-corrected chi connectivity index (χ0v) is 24.2. The summed E-state index contributed by atoms with van der Waals surface area (Å²) in [5.41, 5.74) is 4.40. The molecular weight excluding hydrogens is 570 g/mol. The fourth-order valence-corrected chi connectivity index (χ4v) is 7.23. The predicted molar refractivity (Wildman–Crippen MR) is 179 cm³/mol. The van der Waals surface area contributed by atoms with E-state index in [2.05, 4.69) is 66.7 Å². The normalized spacial score (nSPS) is 11.8. The van der Waals surface area contributed by atoms with Crippen LogP contribution < -0.4 is 0 Å². The van der Waals surface area contributed by atoms with Crippen LogP contribution in [-0.2, 0) is 0 Å². The number of hydrogen-bond donors (Lipinski definition) is 0. The van der Waals surface area contributed by atoms with Crippen molar-refractivity contribution in [3.8, 4) is 34.2 Å². The van der Waals surface area contributed by atoms with E-state index in [0.29, 0.717) is 22.5 Å². The Morgan fingerprint density at radius 1 is 0.488 bits per heavy atom. The summed E-state index contributed by atoms with van der Waals surface area (Å²) in [6.07, 6.45) is 0. The van der Waals surface area contributed by atoms with Crippen molar-refractivity contribution in [1.29, 1.82) is 0 Å². The van der Waals surface area contributed by atoms with E-state index in [4.69, 9.17) is 31.0 Å². The number of thiophene rings is 1. The highest BCUT2D eigenvalue weighted by Crippen LogP contribution is 2.38. The van der Waals surface area contributed by atoms with Crippen molar-refractivity contribution in [2.45, 2.75) is 0 Å². The van der Waals surface area contributed by atoms with E-state index in [-0.39, 0.29) is 0 Å². The van der Waals surface area contributed by atoms with Crippen molar-refractivity contribution >= 4 is 75.8 Å². The number of fused-ring (bicyclic) bond motifs is 8. The third-order valence-electron chi connectivity index (χ3n) is 7.98. The molecule has 0 radical (unpaired) electrons. The van der Waals surface area contributed by atoms with Gasteiger partial charge in [-0.1, -0.05) is 90.5 Å². The van der Waals surface area contributed by atoms with Crippen LogP contribution in [-0.4, -0.2) is 15.0 Å². The van der Waals surface area contributed by atoms with E-state index in [1.165, 1.54) is 20.2 Å². The maximum atomic E-state index is 6.27. The molecule has 3 aromatic heterocycles. The predicted octanol–water partition coefficient (Wildman–Crippen LogP) is 10.9. The van der Waals surface area contributed by atoms with Crippen molar-refractivity contribution < 1.29 is 4.42 Å². The van der Waals surface area contributed by atoms with Crippen LogP contribution in [0.4, 0.5) is 0 Å². The lowest BCUT2D eigenvalue weighted by atomic mass is 10.0. The maximum Gasteiger partial charge on any atom is 0.164 e. The first-order valence-electron chi connectivity index (χ1n) is 14.0. The Morgan fingerprint density at radius 3 is 2.02 bits per heavy atom. The van der Waals surface area contributed by atoms with E-state index in [1.807, 2.05) is 54.6 Å². The van der Waals surface area contributed by atoms with Gasteiger partial charge in [-0.25, -0.2) is 15.0 Å². The number of benzene rings is 6. The van der Waals surface area contributed by atoms with Crippen LogP contribution >= 0.6 is 22.9 Å². The Morgan fingerprint density at radius 2 is 1.16 bits per heavy atom. The summed E-state index contributed by atoms with van der Waals surface area (Å²) >= 11 is 8.06. The molecule has 0 bridgehead atoms. The highest BCUT2D eigenvalue weighted by Gasteiger charge is 2.16. The summed E-state index contributed by atoms with van der Waals surface area (Å²) in [6, 6.07) is 41.3. The molecule has 0 aliphatic carbocycles. The molecular formula is C37H20ClN3OS. The van der Waals surface area contributed by atoms with Crippen LogP contribution in [0.25, 0.3) is 87.0 Å². The molecule has 9 aromatic rings. The quantitative estimate of drug-likeness (QED) is 0.206. The minimum atomic E-state index is 0.620. The largest absolute Gasteiger partial charge is 0.456 e. The van der Waals surface area contributed by atoms with Gasteiger partial charge < -0.3 is 4.42 Å². The number of aromatic nitrogens is 3. The minimum absolute atomic E-state index is 0.620. The van der Waals surface area contributed by atoms with Gasteiger partial charge >= 0.3 is 0 Å². The summed E-state index contributed by atoms with van der Waals surface area (Å²) in [7, 11) is 0. The van der Waals surface area contributed by atoms with Crippen molar-refractivity contribution in [3.05, 3.63) is 126 Å². The van der Waals surface area contributed by atoms with Crippen LogP contribution in [0.1, 0.15) is 0 Å². The lowest BCUT2D eigenvalue weighted by molar-refractivity contribution is 0.669. The molecule has 9 rings (SSSR count). The van der Waals surface area contributed by atoms with E-state index in [9.17, 15) is 0 Å². The van der Waals surface area contributed by atoms with E-state index in [0.717, 1.165) is 49.4 Å². The SMILES string of the molecule is Clc1ccc2c(c1)oc1ccc3ccc(-c4nc(-c5ccccc5)nc(-c5ccc6c(c5)sc5ccccc56)n4)cc3c12. The molecule has 0 saturated heterocycles. The second kappa shape index (κ2) is 9.46. The smallest absolute Gasteiger partial charge is 0.164 e. The molecule has 0 amide bonds. The zero-order chi connectivity index (χ0) is 28.5. The Hall–Kier alpha value is -5.10. The molecule has 3 heterocycles. The highest BCUT2D eigenvalue weighted by molar-refractivity contribution is 7.25. The number of nitrogens with zero attached hydrogens (tertiary/aromatic N) is 3. The summed E-state index contributed by atoms with van der Waals surface area (Å²) in [6.45, 7) is 0. The number of rotatable bonds is 3. The van der Waals surface area contributed by atoms with Crippen LogP contribution in [0.5, 0.6) is 0 Å². The summed E-state index contributed by atoms with van der Waals surface area (Å²) < 4.78 is 8.65. The zero-order valence-electron chi connectivity index (χ0n) is 22.6. The monoisotopic (exact) mass is 589 g/mol. The highest BCUT2D eigenvalue weighted by atomic mass is 35.5. The first kappa shape index (κ1) is 24.5. The molecule has 0 aliphatic rings. The standard InChI is InChI=1S/C37H20ClN3OS/c38-25-14-16-28-31(20-25)42-30-17-13-21-10-11-23(18-29(21)34(28)30)36-39-35(22-6-2-1-3-7-22)40-37(41-36)24-12-15-27-26-8-4-5-9-32(26)43-33(27)19-24/h1-20H. The van der Waals surface area contributed by atoms with Gasteiger partial charge in [0, 0.05) is 58.7 Å². The molecule has 0 N–H and O–H groups in total. The first-order valence-corrected chi connectivity index (χ1v) is 15.2. The van der Waals surface area contributed by atoms with Crippen molar-refractivity contribution in [2.24, 2.45) is 0 Å². The van der Waals surface area contributed by atoms with Gasteiger partial charge in [-0.3, -0.25) is 0 Å². The number of furan rings is 1. The molecule has 0 unspecified atom stereocenters. The molecule has 202 valence electrons. The molecule has 0 spiro atoms. The number of halogens is 1. The van der Waals surface area contributed by atoms with E-state index < -0.39 is 0 Å². The second-order valence-corrected chi connectivity index (χ2v) is 12.1. The molecule has 0 aliphatic heterocycles. The second-order valence-electron chi connectivity index (χ2n) is 10.6. The maximum absolute atomic E-state index is 6.27. The Kier molecular flexibility index (Phi) is 5.39. The Labute approximate surface area is 254 Å². The summed E-state index contributed by atoms with van der Waals surface area (Å²) in [5, 5.41) is 7.43. The van der Waals surface area contributed by atoms with Crippen LogP contribution in [0, 0.1) is 0 Å². The van der Waals surface area contributed by atoms with Gasteiger partial charge in [0.25, 0.3) is 0 Å². The third-order valence-corrected chi connectivity index (χ3v) is 9.35. The lowest BCUT2D eigenvalue weighted by Gasteiger charge is -2.09.